The summed E-state index contributed by atoms with van der Waals surface area (Å²) in [7, 11) is 0. The number of aliphatic carboxylic acids is 1. The van der Waals surface area contributed by atoms with Gasteiger partial charge in [0.25, 0.3) is 0 Å². The smallest absolute Gasteiger partial charge is 0.326 e. The van der Waals surface area contributed by atoms with E-state index in [4.69, 9.17) is 22.0 Å². The largest absolute Gasteiger partial charge is 0.480 e. The predicted octanol–water partition coefficient (Wildman–Crippen LogP) is -1.15. The summed E-state index contributed by atoms with van der Waals surface area (Å²) < 4.78 is -0.747. The van der Waals surface area contributed by atoms with Crippen molar-refractivity contribution in [1.29, 1.82) is 5.41 Å². The molecule has 0 aromatic heterocycles. The minimum atomic E-state index is -1.13. The van der Waals surface area contributed by atoms with Crippen LogP contribution in [-0.2, 0) is 9.59 Å². The van der Waals surface area contributed by atoms with E-state index < -0.39 is 28.7 Å². The zero-order chi connectivity index (χ0) is 15.9. The van der Waals surface area contributed by atoms with Gasteiger partial charge in [0.15, 0.2) is 5.96 Å². The van der Waals surface area contributed by atoms with E-state index in [0.29, 0.717) is 13.0 Å². The highest BCUT2D eigenvalue weighted by molar-refractivity contribution is 7.81. The van der Waals surface area contributed by atoms with Gasteiger partial charge in [-0.2, -0.15) is 12.6 Å². The molecule has 0 unspecified atom stereocenters. The molecule has 2 atom stereocenters. The van der Waals surface area contributed by atoms with Crippen LogP contribution in [0.5, 0.6) is 0 Å². The molecule has 0 aliphatic carbocycles. The average Bonchev–Trinajstić information content (AvgIpc) is 2.29. The molecule has 20 heavy (non-hydrogen) atoms. The standard InChI is InChI=1S/C11H23N5O3S/c1-11(2,20)7(12)8(17)16-6(9(18)19)4-3-5-15-10(13)14/h6-7,20H,3-5,12H2,1-2H3,(H,16,17)(H,18,19)(H4,13,14,15)/t6-,7+/m0/s1. The summed E-state index contributed by atoms with van der Waals surface area (Å²) in [4.78, 5) is 22.9. The van der Waals surface area contributed by atoms with E-state index in [0.717, 1.165) is 0 Å². The van der Waals surface area contributed by atoms with Crippen molar-refractivity contribution in [2.75, 3.05) is 6.54 Å². The number of guanidine groups is 1. The minimum absolute atomic E-state index is 0.181. The topological polar surface area (TPSA) is 154 Å². The molecular formula is C11H23N5O3S. The first-order chi connectivity index (χ1) is 9.05. The highest BCUT2D eigenvalue weighted by Crippen LogP contribution is 2.16. The molecule has 0 spiro atoms. The summed E-state index contributed by atoms with van der Waals surface area (Å²) in [6.45, 7) is 3.71. The summed E-state index contributed by atoms with van der Waals surface area (Å²) in [5.74, 6) is -1.87. The Morgan fingerprint density at radius 1 is 1.45 bits per heavy atom. The van der Waals surface area contributed by atoms with Crippen LogP contribution in [0.2, 0.25) is 0 Å². The lowest BCUT2D eigenvalue weighted by Crippen LogP contribution is -2.54. The number of nitrogens with one attached hydrogen (secondary N) is 3. The highest BCUT2D eigenvalue weighted by atomic mass is 32.1. The van der Waals surface area contributed by atoms with Crippen molar-refractivity contribution in [2.24, 2.45) is 11.5 Å². The first-order valence-electron chi connectivity index (χ1n) is 6.14. The van der Waals surface area contributed by atoms with Crippen LogP contribution >= 0.6 is 12.6 Å². The van der Waals surface area contributed by atoms with Gasteiger partial charge in [-0.15, -0.1) is 0 Å². The number of nitrogens with two attached hydrogens (primary N) is 2. The van der Waals surface area contributed by atoms with E-state index in [1.165, 1.54) is 0 Å². The Balaban J connectivity index is 4.38. The van der Waals surface area contributed by atoms with Gasteiger partial charge in [0, 0.05) is 11.3 Å². The van der Waals surface area contributed by atoms with Gasteiger partial charge in [-0.1, -0.05) is 0 Å². The van der Waals surface area contributed by atoms with Crippen LogP contribution in [0.15, 0.2) is 0 Å². The molecule has 0 heterocycles. The Labute approximate surface area is 123 Å². The van der Waals surface area contributed by atoms with Crippen LogP contribution in [0.3, 0.4) is 0 Å². The number of carbonyl (C=O) groups is 2. The van der Waals surface area contributed by atoms with Gasteiger partial charge in [0.05, 0.1) is 6.04 Å². The number of hydrogen-bond donors (Lipinski definition) is 7. The molecule has 0 fully saturated rings. The van der Waals surface area contributed by atoms with Crippen molar-refractivity contribution >= 4 is 30.5 Å². The molecule has 0 saturated carbocycles. The molecule has 1 amide bonds. The van der Waals surface area contributed by atoms with Crippen molar-refractivity contribution < 1.29 is 14.7 Å². The van der Waals surface area contributed by atoms with Crippen LogP contribution in [0.4, 0.5) is 0 Å². The molecule has 0 radical (unpaired) electrons. The Hall–Kier alpha value is -1.48. The number of hydrogen-bond acceptors (Lipinski definition) is 5. The minimum Gasteiger partial charge on any atom is -0.480 e. The van der Waals surface area contributed by atoms with Gasteiger partial charge in [-0.3, -0.25) is 10.2 Å². The summed E-state index contributed by atoms with van der Waals surface area (Å²) >= 11 is 4.19. The first-order valence-corrected chi connectivity index (χ1v) is 6.59. The fourth-order valence-electron chi connectivity index (χ4n) is 1.37. The second-order valence-corrected chi connectivity index (χ2v) is 6.17. The maximum atomic E-state index is 11.8. The zero-order valence-corrected chi connectivity index (χ0v) is 12.5. The molecule has 9 heteroatoms. The second-order valence-electron chi connectivity index (χ2n) is 5.01. The Morgan fingerprint density at radius 3 is 2.40 bits per heavy atom. The Morgan fingerprint density at radius 2 is 2.00 bits per heavy atom. The van der Waals surface area contributed by atoms with Crippen LogP contribution < -0.4 is 22.1 Å². The quantitative estimate of drug-likeness (QED) is 0.130. The van der Waals surface area contributed by atoms with Crippen LogP contribution in [-0.4, -0.2) is 46.3 Å². The third-order valence-corrected chi connectivity index (χ3v) is 2.92. The molecule has 0 aliphatic heterocycles. The molecular weight excluding hydrogens is 282 g/mol. The number of carbonyl (C=O) groups excluding carboxylic acids is 1. The van der Waals surface area contributed by atoms with E-state index in [1.54, 1.807) is 13.8 Å². The molecule has 8 nitrogen and oxygen atoms in total. The number of rotatable bonds is 8. The number of amides is 1. The van der Waals surface area contributed by atoms with E-state index in [9.17, 15) is 9.59 Å². The van der Waals surface area contributed by atoms with Gasteiger partial charge in [-0.05, 0) is 26.7 Å². The lowest BCUT2D eigenvalue weighted by atomic mass is 10.0. The summed E-state index contributed by atoms with van der Waals surface area (Å²) in [6.07, 6.45) is 0.650. The van der Waals surface area contributed by atoms with Gasteiger partial charge in [-0.25, -0.2) is 4.79 Å². The maximum absolute atomic E-state index is 11.8. The third-order valence-electron chi connectivity index (χ3n) is 2.64. The van der Waals surface area contributed by atoms with E-state index in [-0.39, 0.29) is 12.4 Å². The van der Waals surface area contributed by atoms with Gasteiger partial charge in [0.2, 0.25) is 5.91 Å². The fourth-order valence-corrected chi connectivity index (χ4v) is 1.49. The van der Waals surface area contributed by atoms with Crippen LogP contribution in [0, 0.1) is 5.41 Å². The maximum Gasteiger partial charge on any atom is 0.326 e. The lowest BCUT2D eigenvalue weighted by Gasteiger charge is -2.26. The number of carboxylic acid groups (broad SMARTS) is 1. The van der Waals surface area contributed by atoms with Crippen molar-refractivity contribution in [1.82, 2.24) is 10.6 Å². The van der Waals surface area contributed by atoms with Crippen molar-refractivity contribution in [3.05, 3.63) is 0 Å². The highest BCUT2D eigenvalue weighted by Gasteiger charge is 2.31. The van der Waals surface area contributed by atoms with Crippen molar-refractivity contribution in [3.8, 4) is 0 Å². The molecule has 0 aliphatic rings. The second kappa shape index (κ2) is 7.95. The number of thiol groups is 1. The molecule has 0 saturated heterocycles. The Kier molecular flexibility index (Phi) is 7.36. The van der Waals surface area contributed by atoms with E-state index in [1.807, 2.05) is 0 Å². The molecule has 0 aromatic rings. The summed E-state index contributed by atoms with van der Waals surface area (Å²) in [6, 6.07) is -1.94. The van der Waals surface area contributed by atoms with E-state index in [2.05, 4.69) is 23.3 Å². The first kappa shape index (κ1) is 18.5. The van der Waals surface area contributed by atoms with Gasteiger partial charge >= 0.3 is 5.97 Å². The fraction of sp³-hybridized carbons (Fsp3) is 0.727. The normalized spacial score (nSPS) is 14.2. The molecule has 0 aromatic carbocycles. The molecule has 0 rings (SSSR count). The lowest BCUT2D eigenvalue weighted by molar-refractivity contribution is -0.142. The van der Waals surface area contributed by atoms with Crippen molar-refractivity contribution in [2.45, 2.75) is 43.5 Å². The predicted molar refractivity (Wildman–Crippen MR) is 79.8 cm³/mol. The van der Waals surface area contributed by atoms with Gasteiger partial charge < -0.3 is 27.2 Å². The SMILES string of the molecule is CC(C)(S)[C@H](N)C(=O)N[C@@H](CCCNC(=N)N)C(=O)O. The molecule has 8 N–H and O–H groups in total. The summed E-state index contributed by atoms with van der Waals surface area (Å²) in [5, 5.41) is 21.0. The van der Waals surface area contributed by atoms with E-state index >= 15 is 0 Å². The molecule has 0 bridgehead atoms. The van der Waals surface area contributed by atoms with Gasteiger partial charge in [0.1, 0.15) is 6.04 Å². The monoisotopic (exact) mass is 305 g/mol. The van der Waals surface area contributed by atoms with Crippen molar-refractivity contribution in [3.63, 3.8) is 0 Å². The number of carboxylic acids is 1. The Bertz CT molecular complexity index is 370. The summed E-state index contributed by atoms with van der Waals surface area (Å²) in [5.41, 5.74) is 10.8. The van der Waals surface area contributed by atoms with Crippen LogP contribution in [0.25, 0.3) is 0 Å². The average molecular weight is 305 g/mol. The molecule has 116 valence electrons. The third kappa shape index (κ3) is 7.19. The zero-order valence-electron chi connectivity index (χ0n) is 11.6. The van der Waals surface area contributed by atoms with Crippen LogP contribution in [0.1, 0.15) is 26.7 Å².